The summed E-state index contributed by atoms with van der Waals surface area (Å²) in [5, 5.41) is -0.399. The molecule has 1 aliphatic rings. The van der Waals surface area contributed by atoms with Crippen molar-refractivity contribution in [2.75, 3.05) is 13.1 Å². The molecule has 0 radical (unpaired) electrons. The maximum atomic E-state index is 13.2. The molecule has 1 unspecified atom stereocenters. The van der Waals surface area contributed by atoms with Crippen molar-refractivity contribution in [1.29, 1.82) is 0 Å². The van der Waals surface area contributed by atoms with E-state index in [9.17, 15) is 12.8 Å². The van der Waals surface area contributed by atoms with Crippen LogP contribution in [0.5, 0.6) is 0 Å². The van der Waals surface area contributed by atoms with Gasteiger partial charge in [-0.3, -0.25) is 0 Å². The van der Waals surface area contributed by atoms with Gasteiger partial charge in [-0.1, -0.05) is 23.2 Å². The van der Waals surface area contributed by atoms with Crippen LogP contribution in [-0.4, -0.2) is 31.9 Å². The average molecular weight is 392 g/mol. The Morgan fingerprint density at radius 1 is 1.27 bits per heavy atom. The molecule has 9 heteroatoms. The Balaban J connectivity index is 0.00000242. The molecule has 1 aliphatic heterocycles. The van der Waals surface area contributed by atoms with E-state index in [0.29, 0.717) is 31.8 Å². The van der Waals surface area contributed by atoms with Crippen LogP contribution >= 0.6 is 35.6 Å². The molecule has 1 heterocycles. The molecule has 0 aliphatic carbocycles. The van der Waals surface area contributed by atoms with Gasteiger partial charge in [0.15, 0.2) is 0 Å². The monoisotopic (exact) mass is 390 g/mol. The number of benzene rings is 1. The summed E-state index contributed by atoms with van der Waals surface area (Å²) >= 11 is 11.7. The third kappa shape index (κ3) is 4.04. The summed E-state index contributed by atoms with van der Waals surface area (Å²) in [5.74, 6) is -0.366. The zero-order valence-corrected chi connectivity index (χ0v) is 15.1. The first-order valence-corrected chi connectivity index (χ1v) is 8.83. The Morgan fingerprint density at radius 3 is 2.14 bits per heavy atom. The Kier molecular flexibility index (Phi) is 6.92. The minimum atomic E-state index is -3.83. The van der Waals surface area contributed by atoms with Gasteiger partial charge < -0.3 is 5.73 Å². The van der Waals surface area contributed by atoms with Gasteiger partial charge >= 0.3 is 0 Å². The number of piperidine rings is 1. The number of nitrogens with two attached hydrogens (primary N) is 1. The second-order valence-corrected chi connectivity index (χ2v) is 7.99. The molecule has 2 N–H and O–H groups in total. The van der Waals surface area contributed by atoms with Crippen molar-refractivity contribution in [2.24, 2.45) is 11.7 Å². The summed E-state index contributed by atoms with van der Waals surface area (Å²) in [6.45, 7) is 2.64. The number of rotatable bonds is 3. The van der Waals surface area contributed by atoms with E-state index in [1.54, 1.807) is 0 Å². The molecular formula is C13H18Cl3FN2O2S. The van der Waals surface area contributed by atoms with Crippen LogP contribution in [0.4, 0.5) is 4.39 Å². The first-order valence-electron chi connectivity index (χ1n) is 6.63. The van der Waals surface area contributed by atoms with Gasteiger partial charge in [-0.25, -0.2) is 12.8 Å². The van der Waals surface area contributed by atoms with Gasteiger partial charge in [0, 0.05) is 19.1 Å². The molecule has 22 heavy (non-hydrogen) atoms. The number of halogens is 4. The predicted molar refractivity (Wildman–Crippen MR) is 88.8 cm³/mol. The van der Waals surface area contributed by atoms with Gasteiger partial charge in [-0.05, 0) is 37.8 Å². The van der Waals surface area contributed by atoms with Crippen LogP contribution in [0, 0.1) is 11.7 Å². The molecule has 0 bridgehead atoms. The van der Waals surface area contributed by atoms with Crippen LogP contribution in [0.2, 0.25) is 10.0 Å². The molecule has 0 aromatic heterocycles. The van der Waals surface area contributed by atoms with Crippen LogP contribution in [0.25, 0.3) is 0 Å². The van der Waals surface area contributed by atoms with E-state index in [4.69, 9.17) is 28.9 Å². The van der Waals surface area contributed by atoms with Gasteiger partial charge in [-0.2, -0.15) is 4.31 Å². The summed E-state index contributed by atoms with van der Waals surface area (Å²) in [6.07, 6.45) is 1.38. The molecular weight excluding hydrogens is 374 g/mol. The Morgan fingerprint density at radius 2 is 1.73 bits per heavy atom. The Bertz CT molecular complexity index is 609. The molecule has 2 rings (SSSR count). The molecule has 1 saturated heterocycles. The predicted octanol–water partition coefficient (Wildman–Crippen LogP) is 3.30. The molecule has 1 aromatic carbocycles. The first-order chi connectivity index (χ1) is 9.73. The molecule has 0 saturated carbocycles. The maximum absolute atomic E-state index is 13.2. The molecule has 126 valence electrons. The van der Waals surface area contributed by atoms with Gasteiger partial charge in [0.05, 0.1) is 10.0 Å². The second kappa shape index (κ2) is 7.64. The average Bonchev–Trinajstić information content (AvgIpc) is 2.37. The topological polar surface area (TPSA) is 63.4 Å². The smallest absolute Gasteiger partial charge is 0.246 e. The SMILES string of the molecule is CC(N)C1CCN(S(=O)(=O)c2c(Cl)cc(F)cc2Cl)CC1.Cl. The largest absolute Gasteiger partial charge is 0.328 e. The zero-order valence-electron chi connectivity index (χ0n) is 11.9. The minimum Gasteiger partial charge on any atom is -0.328 e. The lowest BCUT2D eigenvalue weighted by atomic mass is 9.92. The van der Waals surface area contributed by atoms with Crippen LogP contribution in [0.15, 0.2) is 17.0 Å². The van der Waals surface area contributed by atoms with Crippen molar-refractivity contribution in [1.82, 2.24) is 4.31 Å². The highest BCUT2D eigenvalue weighted by Crippen LogP contribution is 2.34. The van der Waals surface area contributed by atoms with E-state index in [2.05, 4.69) is 0 Å². The highest BCUT2D eigenvalue weighted by atomic mass is 35.5. The van der Waals surface area contributed by atoms with Gasteiger partial charge in [0.2, 0.25) is 10.0 Å². The van der Waals surface area contributed by atoms with Gasteiger partial charge in [-0.15, -0.1) is 12.4 Å². The number of sulfonamides is 1. The van der Waals surface area contributed by atoms with E-state index in [1.165, 1.54) is 4.31 Å². The quantitative estimate of drug-likeness (QED) is 0.860. The van der Waals surface area contributed by atoms with Crippen molar-refractivity contribution in [3.63, 3.8) is 0 Å². The molecule has 0 spiro atoms. The number of nitrogens with zero attached hydrogens (tertiary/aromatic N) is 1. The van der Waals surface area contributed by atoms with Crippen molar-refractivity contribution in [3.05, 3.63) is 28.0 Å². The zero-order chi connectivity index (χ0) is 15.8. The maximum Gasteiger partial charge on any atom is 0.246 e. The molecule has 1 atom stereocenters. The van der Waals surface area contributed by atoms with Crippen LogP contribution in [-0.2, 0) is 10.0 Å². The summed E-state index contributed by atoms with van der Waals surface area (Å²) in [4.78, 5) is -0.230. The summed E-state index contributed by atoms with van der Waals surface area (Å²) in [7, 11) is -3.83. The molecule has 0 amide bonds. The number of hydrogen-bond donors (Lipinski definition) is 1. The third-order valence-electron chi connectivity index (χ3n) is 3.80. The van der Waals surface area contributed by atoms with Crippen molar-refractivity contribution >= 4 is 45.6 Å². The van der Waals surface area contributed by atoms with Crippen molar-refractivity contribution in [3.8, 4) is 0 Å². The highest BCUT2D eigenvalue weighted by Gasteiger charge is 2.33. The third-order valence-corrected chi connectivity index (χ3v) is 6.62. The fraction of sp³-hybridized carbons (Fsp3) is 0.538. The molecule has 1 fully saturated rings. The second-order valence-electron chi connectivity index (χ2n) is 5.30. The Hall–Kier alpha value is -0.110. The van der Waals surface area contributed by atoms with Crippen LogP contribution in [0.1, 0.15) is 19.8 Å². The van der Waals surface area contributed by atoms with Gasteiger partial charge in [0.1, 0.15) is 10.7 Å². The lowest BCUT2D eigenvalue weighted by Crippen LogP contribution is -2.42. The fourth-order valence-corrected chi connectivity index (χ4v) is 5.15. The van der Waals surface area contributed by atoms with Gasteiger partial charge in [0.25, 0.3) is 0 Å². The summed E-state index contributed by atoms with van der Waals surface area (Å²) < 4.78 is 39.8. The van der Waals surface area contributed by atoms with Crippen LogP contribution < -0.4 is 5.73 Å². The van der Waals surface area contributed by atoms with E-state index >= 15 is 0 Å². The van der Waals surface area contributed by atoms with E-state index in [1.807, 2.05) is 6.92 Å². The molecule has 1 aromatic rings. The van der Waals surface area contributed by atoms with Crippen molar-refractivity contribution < 1.29 is 12.8 Å². The lowest BCUT2D eigenvalue weighted by molar-refractivity contribution is 0.250. The normalized spacial score (nSPS) is 18.8. The standard InChI is InChI=1S/C13H17Cl2FN2O2S.ClH/c1-8(17)9-2-4-18(5-3-9)21(19,20)13-11(14)6-10(16)7-12(13)15;/h6-9H,2-5,17H2,1H3;1H. The van der Waals surface area contributed by atoms with E-state index < -0.39 is 15.8 Å². The van der Waals surface area contributed by atoms with Crippen LogP contribution in [0.3, 0.4) is 0 Å². The van der Waals surface area contributed by atoms with E-state index in [0.717, 1.165) is 12.1 Å². The highest BCUT2D eigenvalue weighted by molar-refractivity contribution is 7.89. The molecule has 4 nitrogen and oxygen atoms in total. The lowest BCUT2D eigenvalue weighted by Gasteiger charge is -2.33. The summed E-state index contributed by atoms with van der Waals surface area (Å²) in [5.41, 5.74) is 5.85. The fourth-order valence-electron chi connectivity index (χ4n) is 2.55. The first kappa shape index (κ1) is 19.9. The van der Waals surface area contributed by atoms with E-state index in [-0.39, 0.29) is 33.4 Å². The Labute approximate surface area is 146 Å². The van der Waals surface area contributed by atoms with Crippen molar-refractivity contribution in [2.45, 2.75) is 30.7 Å². The summed E-state index contributed by atoms with van der Waals surface area (Å²) in [6, 6.07) is 1.94. The number of hydrogen-bond acceptors (Lipinski definition) is 3. The minimum absolute atomic E-state index is 0.